The van der Waals surface area contributed by atoms with Crippen molar-refractivity contribution in [3.8, 4) is 0 Å². The molecule has 0 spiro atoms. The van der Waals surface area contributed by atoms with Gasteiger partial charge < -0.3 is 15.5 Å². The fraction of sp³-hybridized carbons (Fsp3) is 0.857. The van der Waals surface area contributed by atoms with Crippen molar-refractivity contribution in [3.63, 3.8) is 0 Å². The van der Waals surface area contributed by atoms with Crippen molar-refractivity contribution in [1.29, 1.82) is 0 Å². The first kappa shape index (κ1) is 16.0. The molecule has 2 N–H and O–H groups in total. The second-order valence-corrected chi connectivity index (χ2v) is 6.26. The van der Waals surface area contributed by atoms with E-state index in [0.717, 1.165) is 13.0 Å². The number of amides is 2. The van der Waals surface area contributed by atoms with Gasteiger partial charge in [-0.3, -0.25) is 9.59 Å². The highest BCUT2D eigenvalue weighted by molar-refractivity contribution is 5.82. The minimum absolute atomic E-state index is 0.00158. The zero-order valence-corrected chi connectivity index (χ0v) is 12.6. The van der Waals surface area contributed by atoms with Gasteiger partial charge in [-0.15, -0.1) is 0 Å². The highest BCUT2D eigenvalue weighted by Gasteiger charge is 2.32. The Bertz CT molecular complexity index is 336. The summed E-state index contributed by atoms with van der Waals surface area (Å²) in [6.45, 7) is 10.4. The van der Waals surface area contributed by atoms with E-state index in [1.54, 1.807) is 4.90 Å². The van der Waals surface area contributed by atoms with Crippen LogP contribution in [-0.4, -0.2) is 53.8 Å². The highest BCUT2D eigenvalue weighted by Crippen LogP contribution is 2.19. The van der Waals surface area contributed by atoms with Gasteiger partial charge >= 0.3 is 0 Å². The summed E-state index contributed by atoms with van der Waals surface area (Å²) in [5.41, 5.74) is 5.79. The Kier molecular flexibility index (Phi) is 5.35. The molecule has 0 aromatic carbocycles. The average Bonchev–Trinajstić information content (AvgIpc) is 2.60. The largest absolute Gasteiger partial charge is 0.341 e. The van der Waals surface area contributed by atoms with Crippen LogP contribution in [-0.2, 0) is 9.59 Å². The number of hydrogen-bond acceptors (Lipinski definition) is 3. The lowest BCUT2D eigenvalue weighted by Gasteiger charge is -2.31. The van der Waals surface area contributed by atoms with Crippen LogP contribution >= 0.6 is 0 Å². The SMILES string of the molecule is CCC(=O)N1CCCN(C(=O)C(N)C(C)(C)C)CC1. The van der Waals surface area contributed by atoms with Crippen LogP contribution in [0.15, 0.2) is 0 Å². The van der Waals surface area contributed by atoms with Crippen molar-refractivity contribution in [2.24, 2.45) is 11.1 Å². The smallest absolute Gasteiger partial charge is 0.240 e. The van der Waals surface area contributed by atoms with E-state index in [1.165, 1.54) is 0 Å². The summed E-state index contributed by atoms with van der Waals surface area (Å²) in [4.78, 5) is 27.7. The molecule has 19 heavy (non-hydrogen) atoms. The van der Waals surface area contributed by atoms with Crippen LogP contribution in [0.4, 0.5) is 0 Å². The molecule has 1 atom stereocenters. The number of nitrogens with zero attached hydrogens (tertiary/aromatic N) is 2. The molecule has 1 aliphatic heterocycles. The lowest BCUT2D eigenvalue weighted by Crippen LogP contribution is -2.51. The Morgan fingerprint density at radius 1 is 1.11 bits per heavy atom. The minimum atomic E-state index is -0.485. The molecular weight excluding hydrogens is 242 g/mol. The van der Waals surface area contributed by atoms with Crippen LogP contribution in [0.3, 0.4) is 0 Å². The molecule has 5 nitrogen and oxygen atoms in total. The quantitative estimate of drug-likeness (QED) is 0.807. The Balaban J connectivity index is 2.62. The topological polar surface area (TPSA) is 66.6 Å². The van der Waals surface area contributed by atoms with Gasteiger partial charge in [0, 0.05) is 32.6 Å². The Morgan fingerprint density at radius 3 is 2.16 bits per heavy atom. The van der Waals surface area contributed by atoms with Crippen LogP contribution in [0.2, 0.25) is 0 Å². The fourth-order valence-corrected chi connectivity index (χ4v) is 2.18. The molecule has 1 unspecified atom stereocenters. The van der Waals surface area contributed by atoms with Gasteiger partial charge in [-0.25, -0.2) is 0 Å². The van der Waals surface area contributed by atoms with E-state index in [9.17, 15) is 9.59 Å². The fourth-order valence-electron chi connectivity index (χ4n) is 2.18. The van der Waals surface area contributed by atoms with E-state index in [1.807, 2.05) is 32.6 Å². The second kappa shape index (κ2) is 6.37. The summed E-state index contributed by atoms with van der Waals surface area (Å²) in [5, 5.41) is 0. The molecule has 1 rings (SSSR count). The first-order valence-electron chi connectivity index (χ1n) is 7.09. The van der Waals surface area contributed by atoms with Crippen molar-refractivity contribution in [2.75, 3.05) is 26.2 Å². The van der Waals surface area contributed by atoms with E-state index in [2.05, 4.69) is 0 Å². The molecule has 0 aromatic rings. The lowest BCUT2D eigenvalue weighted by molar-refractivity contribution is -0.136. The summed E-state index contributed by atoms with van der Waals surface area (Å²) < 4.78 is 0. The number of hydrogen-bond donors (Lipinski definition) is 1. The maximum atomic E-state index is 12.3. The standard InChI is InChI=1S/C14H27N3O2/c1-5-11(18)16-7-6-8-17(10-9-16)13(19)12(15)14(2,3)4/h12H,5-10,15H2,1-4H3. The molecule has 1 heterocycles. The molecule has 2 amide bonds. The van der Waals surface area contributed by atoms with Gasteiger partial charge in [0.1, 0.15) is 0 Å². The third-order valence-electron chi connectivity index (χ3n) is 3.66. The summed E-state index contributed by atoms with van der Waals surface area (Å²) >= 11 is 0. The lowest BCUT2D eigenvalue weighted by atomic mass is 9.86. The second-order valence-electron chi connectivity index (χ2n) is 6.26. The number of carbonyl (C=O) groups is 2. The molecule has 5 heteroatoms. The maximum absolute atomic E-state index is 12.3. The first-order valence-corrected chi connectivity index (χ1v) is 7.09. The van der Waals surface area contributed by atoms with Crippen LogP contribution < -0.4 is 5.73 Å². The number of carbonyl (C=O) groups excluding carboxylic acids is 2. The highest BCUT2D eigenvalue weighted by atomic mass is 16.2. The van der Waals surface area contributed by atoms with Crippen molar-refractivity contribution >= 4 is 11.8 Å². The van der Waals surface area contributed by atoms with Gasteiger partial charge in [-0.05, 0) is 11.8 Å². The molecule has 1 aliphatic rings. The normalized spacial score (nSPS) is 19.0. The molecule has 0 radical (unpaired) electrons. The zero-order valence-electron chi connectivity index (χ0n) is 12.6. The van der Waals surface area contributed by atoms with Crippen molar-refractivity contribution in [1.82, 2.24) is 9.80 Å². The average molecular weight is 269 g/mol. The molecule has 0 aromatic heterocycles. The van der Waals surface area contributed by atoms with Crippen molar-refractivity contribution in [2.45, 2.75) is 46.6 Å². The van der Waals surface area contributed by atoms with Crippen LogP contribution in [0.1, 0.15) is 40.5 Å². The number of rotatable bonds is 2. The van der Waals surface area contributed by atoms with Crippen LogP contribution in [0, 0.1) is 5.41 Å². The van der Waals surface area contributed by atoms with E-state index >= 15 is 0 Å². The van der Waals surface area contributed by atoms with E-state index in [-0.39, 0.29) is 17.2 Å². The summed E-state index contributed by atoms with van der Waals surface area (Å²) in [6, 6.07) is -0.485. The third kappa shape index (κ3) is 4.20. The number of nitrogens with two attached hydrogens (primary N) is 1. The summed E-state index contributed by atoms with van der Waals surface area (Å²) in [6.07, 6.45) is 1.35. The van der Waals surface area contributed by atoms with E-state index < -0.39 is 6.04 Å². The van der Waals surface area contributed by atoms with Crippen molar-refractivity contribution < 1.29 is 9.59 Å². The van der Waals surface area contributed by atoms with Crippen LogP contribution in [0.25, 0.3) is 0 Å². The Labute approximate surface area is 116 Å². The van der Waals surface area contributed by atoms with Gasteiger partial charge in [0.15, 0.2) is 0 Å². The molecular formula is C14H27N3O2. The van der Waals surface area contributed by atoms with Gasteiger partial charge in [0.2, 0.25) is 11.8 Å². The van der Waals surface area contributed by atoms with Gasteiger partial charge in [0.05, 0.1) is 6.04 Å². The summed E-state index contributed by atoms with van der Waals surface area (Å²) in [5.74, 6) is 0.160. The summed E-state index contributed by atoms with van der Waals surface area (Å²) in [7, 11) is 0. The molecule has 0 aliphatic carbocycles. The van der Waals surface area contributed by atoms with Crippen molar-refractivity contribution in [3.05, 3.63) is 0 Å². The predicted octanol–water partition coefficient (Wildman–Crippen LogP) is 0.831. The third-order valence-corrected chi connectivity index (χ3v) is 3.66. The van der Waals surface area contributed by atoms with E-state index in [4.69, 9.17) is 5.73 Å². The predicted molar refractivity (Wildman–Crippen MR) is 75.5 cm³/mol. The van der Waals surface area contributed by atoms with E-state index in [0.29, 0.717) is 26.1 Å². The van der Waals surface area contributed by atoms with Gasteiger partial charge in [0.25, 0.3) is 0 Å². The first-order chi connectivity index (χ1) is 8.77. The molecule has 110 valence electrons. The molecule has 1 saturated heterocycles. The Hall–Kier alpha value is -1.10. The molecule has 0 bridgehead atoms. The Morgan fingerprint density at radius 2 is 1.63 bits per heavy atom. The van der Waals surface area contributed by atoms with Crippen LogP contribution in [0.5, 0.6) is 0 Å². The monoisotopic (exact) mass is 269 g/mol. The minimum Gasteiger partial charge on any atom is -0.341 e. The molecule has 0 saturated carbocycles. The molecule has 1 fully saturated rings. The van der Waals surface area contributed by atoms with Gasteiger partial charge in [-0.1, -0.05) is 27.7 Å². The maximum Gasteiger partial charge on any atom is 0.240 e. The van der Waals surface area contributed by atoms with Gasteiger partial charge in [-0.2, -0.15) is 0 Å². The zero-order chi connectivity index (χ0) is 14.6.